The van der Waals surface area contributed by atoms with Gasteiger partial charge < -0.3 is 41.8 Å². The number of nitrogens with one attached hydrogen (secondary N) is 4. The topological polar surface area (TPSA) is 151 Å². The number of methoxy groups -OCH3 is 1. The monoisotopic (exact) mass is 622 g/mol. The lowest BCUT2D eigenvalue weighted by atomic mass is 10.0. The van der Waals surface area contributed by atoms with E-state index in [4.69, 9.17) is 20.9 Å². The minimum Gasteiger partial charge on any atom is -0.493 e. The van der Waals surface area contributed by atoms with Crippen LogP contribution in [0.15, 0.2) is 105 Å². The number of amides is 2. The number of hydrogen-bond donors (Lipinski definition) is 6. The molecule has 1 aliphatic heterocycles. The number of carbonyl (C=O) groups excluding carboxylic acids is 1. The van der Waals surface area contributed by atoms with Crippen molar-refractivity contribution in [2.45, 2.75) is 11.3 Å². The number of nitrogen functional groups attached to an aromatic ring is 1. The zero-order chi connectivity index (χ0) is 30.6. The molecule has 2 aliphatic rings. The maximum absolute atomic E-state index is 12.3. The van der Waals surface area contributed by atoms with E-state index in [1.54, 1.807) is 25.3 Å². The van der Waals surface area contributed by atoms with Crippen LogP contribution < -0.4 is 32.7 Å². The molecule has 4 rings (SSSR count). The lowest BCUT2D eigenvalue weighted by Gasteiger charge is -2.27. The first-order valence-corrected chi connectivity index (χ1v) is 15.4. The van der Waals surface area contributed by atoms with Crippen molar-refractivity contribution in [1.82, 2.24) is 15.5 Å². The average Bonchev–Trinajstić information content (AvgIpc) is 3.50. The lowest BCUT2D eigenvalue weighted by Crippen LogP contribution is -2.43. The maximum atomic E-state index is 12.3. The minimum atomic E-state index is -0.384. The number of carbonyl (C=O) groups is 1. The van der Waals surface area contributed by atoms with Crippen LogP contribution >= 0.6 is 23.1 Å². The molecule has 1 fully saturated rings. The molecule has 1 aliphatic carbocycles. The van der Waals surface area contributed by atoms with Gasteiger partial charge in [0.15, 0.2) is 11.5 Å². The Bertz CT molecular complexity index is 1430. The van der Waals surface area contributed by atoms with Crippen LogP contribution in [0.5, 0.6) is 0 Å². The Balaban J connectivity index is 1.41. The van der Waals surface area contributed by atoms with Crippen molar-refractivity contribution in [1.29, 1.82) is 0 Å². The average molecular weight is 623 g/mol. The number of ether oxygens (including phenoxy) is 2. The number of thiophene rings is 1. The fourth-order valence-electron chi connectivity index (χ4n) is 4.35. The van der Waals surface area contributed by atoms with Crippen molar-refractivity contribution in [3.63, 3.8) is 0 Å². The highest BCUT2D eigenvalue weighted by atomic mass is 32.2. The summed E-state index contributed by atoms with van der Waals surface area (Å²) < 4.78 is 11.7. The van der Waals surface area contributed by atoms with Crippen LogP contribution in [0, 0.1) is 0 Å². The molecule has 2 heterocycles. The van der Waals surface area contributed by atoms with Gasteiger partial charge in [0.1, 0.15) is 5.82 Å². The van der Waals surface area contributed by atoms with Crippen LogP contribution in [0.4, 0.5) is 21.2 Å². The fourth-order valence-corrected chi connectivity index (χ4v) is 5.74. The van der Waals surface area contributed by atoms with Crippen molar-refractivity contribution in [3.8, 4) is 0 Å². The van der Waals surface area contributed by atoms with E-state index >= 15 is 0 Å². The van der Waals surface area contributed by atoms with Gasteiger partial charge in [0.25, 0.3) is 0 Å². The third-order valence-electron chi connectivity index (χ3n) is 6.42. The van der Waals surface area contributed by atoms with Gasteiger partial charge in [0, 0.05) is 66.8 Å². The van der Waals surface area contributed by atoms with Gasteiger partial charge in [-0.05, 0) is 48.2 Å². The van der Waals surface area contributed by atoms with Gasteiger partial charge >= 0.3 is 6.03 Å². The first-order valence-electron chi connectivity index (χ1n) is 13.7. The number of allylic oxidation sites excluding steroid dienone is 3. The number of urea groups is 1. The molecule has 0 unspecified atom stereocenters. The Morgan fingerprint density at radius 3 is 2.77 bits per heavy atom. The van der Waals surface area contributed by atoms with E-state index in [0.29, 0.717) is 56.5 Å². The first-order chi connectivity index (χ1) is 20.9. The third kappa shape index (κ3) is 9.41. The molecule has 228 valence electrons. The van der Waals surface area contributed by atoms with Crippen LogP contribution in [-0.4, -0.2) is 63.1 Å². The predicted octanol–water partition coefficient (Wildman–Crippen LogP) is 4.62. The van der Waals surface area contributed by atoms with Gasteiger partial charge in [-0.1, -0.05) is 24.9 Å². The van der Waals surface area contributed by atoms with E-state index in [9.17, 15) is 4.79 Å². The Morgan fingerprint density at radius 1 is 1.23 bits per heavy atom. The first kappa shape index (κ1) is 31.8. The zero-order valence-corrected chi connectivity index (χ0v) is 25.8. The van der Waals surface area contributed by atoms with E-state index in [-0.39, 0.29) is 6.03 Å². The standard InChI is InChI=1S/C30H38N8O3S2/c1-4-34-24-19-26(41-15-6-12-38-13-10-33-11-14-38)25(40-3)18-22(24)29(32)36-21-8-9-23(31)27(17-21)43-20(2)35-30(39)37-28-7-5-16-42-28/h4-5,7-9,16-19,33,36H,1-2,6,10-15,31-32H2,3H3,(H2,35,37,39)/b29-22+,34-24-. The van der Waals surface area contributed by atoms with Crippen LogP contribution in [0.1, 0.15) is 6.42 Å². The molecule has 0 radical (unpaired) electrons. The van der Waals surface area contributed by atoms with Crippen LogP contribution in [0.25, 0.3) is 0 Å². The Labute approximate surface area is 260 Å². The summed E-state index contributed by atoms with van der Waals surface area (Å²) in [5.41, 5.74) is 15.2. The molecular formula is C30H38N8O3S2. The summed E-state index contributed by atoms with van der Waals surface area (Å²) in [7, 11) is 1.59. The number of thioether (sulfide) groups is 1. The highest BCUT2D eigenvalue weighted by Crippen LogP contribution is 2.32. The minimum absolute atomic E-state index is 0.345. The quantitative estimate of drug-likeness (QED) is 0.107. The summed E-state index contributed by atoms with van der Waals surface area (Å²) >= 11 is 2.66. The molecule has 43 heavy (non-hydrogen) atoms. The van der Waals surface area contributed by atoms with E-state index < -0.39 is 0 Å². The molecule has 1 aromatic carbocycles. The SMILES string of the molecule is C=C/N=C1/C=C(OCCCN2CCNCC2)C(OC)=C/C1=C(/N)Nc1ccc(N)c(SC(=C)NC(=O)Nc2cccs2)c1. The Morgan fingerprint density at radius 2 is 2.05 bits per heavy atom. The number of nitrogens with zero attached hydrogens (tertiary/aromatic N) is 2. The van der Waals surface area contributed by atoms with E-state index in [1.807, 2.05) is 29.6 Å². The van der Waals surface area contributed by atoms with Gasteiger partial charge in [-0.15, -0.1) is 11.3 Å². The molecule has 0 atom stereocenters. The Kier molecular flexibility index (Phi) is 11.7. The molecular weight excluding hydrogens is 585 g/mol. The fraction of sp³-hybridized carbons (Fsp3) is 0.267. The molecule has 13 heteroatoms. The Hall–Kier alpha value is -4.17. The largest absolute Gasteiger partial charge is 0.493 e. The third-order valence-corrected chi connectivity index (χ3v) is 8.13. The highest BCUT2D eigenvalue weighted by Gasteiger charge is 2.21. The summed E-state index contributed by atoms with van der Waals surface area (Å²) in [6.45, 7) is 13.4. The molecule has 0 bridgehead atoms. The number of nitrogens with two attached hydrogens (primary N) is 2. The number of rotatable bonds is 13. The number of anilines is 3. The van der Waals surface area contributed by atoms with Gasteiger partial charge in [-0.2, -0.15) is 0 Å². The van der Waals surface area contributed by atoms with Crippen molar-refractivity contribution < 1.29 is 14.3 Å². The number of aliphatic imine (C=N–C) groups is 1. The molecule has 2 amide bonds. The molecule has 0 spiro atoms. The summed E-state index contributed by atoms with van der Waals surface area (Å²) in [5, 5.41) is 15.1. The van der Waals surface area contributed by atoms with Gasteiger partial charge in [0.2, 0.25) is 0 Å². The molecule has 11 nitrogen and oxygen atoms in total. The van der Waals surface area contributed by atoms with Gasteiger partial charge in [-0.25, -0.2) is 4.79 Å². The van der Waals surface area contributed by atoms with Gasteiger partial charge in [-0.3, -0.25) is 10.3 Å². The van der Waals surface area contributed by atoms with Crippen molar-refractivity contribution >= 4 is 51.2 Å². The number of piperazine rings is 1. The second kappa shape index (κ2) is 15.9. The number of benzene rings is 1. The lowest BCUT2D eigenvalue weighted by molar-refractivity contribution is 0.155. The molecule has 0 saturated carbocycles. The summed E-state index contributed by atoms with van der Waals surface area (Å²) in [6, 6.07) is 8.68. The molecule has 8 N–H and O–H groups in total. The second-order valence-corrected chi connectivity index (χ2v) is 11.6. The van der Waals surface area contributed by atoms with Gasteiger partial charge in [0.05, 0.1) is 29.5 Å². The van der Waals surface area contributed by atoms with Crippen LogP contribution in [0.3, 0.4) is 0 Å². The molecule has 1 aromatic heterocycles. The normalized spacial score (nSPS) is 17.4. The summed E-state index contributed by atoms with van der Waals surface area (Å²) in [6.07, 6.45) is 5.95. The highest BCUT2D eigenvalue weighted by molar-refractivity contribution is 8.03. The molecule has 1 saturated heterocycles. The van der Waals surface area contributed by atoms with Crippen LogP contribution in [-0.2, 0) is 9.47 Å². The van der Waals surface area contributed by atoms with E-state index in [0.717, 1.165) is 44.1 Å². The molecule has 2 aromatic rings. The second-order valence-electron chi connectivity index (χ2n) is 9.50. The summed E-state index contributed by atoms with van der Waals surface area (Å²) in [5.74, 6) is 1.47. The van der Waals surface area contributed by atoms with Crippen molar-refractivity contribution in [2.75, 3.05) is 62.8 Å². The van der Waals surface area contributed by atoms with Crippen LogP contribution in [0.2, 0.25) is 0 Å². The van der Waals surface area contributed by atoms with E-state index in [1.165, 1.54) is 29.3 Å². The maximum Gasteiger partial charge on any atom is 0.324 e. The smallest absolute Gasteiger partial charge is 0.324 e. The van der Waals surface area contributed by atoms with Crippen molar-refractivity contribution in [2.24, 2.45) is 10.7 Å². The van der Waals surface area contributed by atoms with Crippen molar-refractivity contribution in [3.05, 3.63) is 95.2 Å². The summed E-state index contributed by atoms with van der Waals surface area (Å²) in [4.78, 5) is 19.8. The zero-order valence-electron chi connectivity index (χ0n) is 24.2. The predicted molar refractivity (Wildman–Crippen MR) is 178 cm³/mol. The number of hydrogen-bond acceptors (Lipinski definition) is 11. The van der Waals surface area contributed by atoms with E-state index in [2.05, 4.69) is 44.3 Å².